The molecular weight excluding hydrogens is 881 g/mol. The van der Waals surface area contributed by atoms with Gasteiger partial charge in [0.2, 0.25) is 13.6 Å². The lowest BCUT2D eigenvalue weighted by Crippen LogP contribution is -2.20. The highest BCUT2D eigenvalue weighted by Gasteiger charge is 2.26. The standard InChI is InChI=1S/C46H42N12O10/c1-25-15-38(39-16-26(2)58(28(39)4)41-18-34(44(62)54-50-21-35-20-47-22-48-35)12-14-37(41)46(64)68-24-66-30(6)60)27(3)57(25)40-17-33(11-13-36(40)45(63)67-23-65-29(5)59)43(61)53-49-19-31-7-9-32(10-8-31)42-51-55-56-52-42/h7-22H,23-24H2,1-6H3,(H,47,48)(H,53,61)(H,54,62)(H,51,52,55,56)/b49-19?,50-21-. The van der Waals surface area contributed by atoms with Gasteiger partial charge in [0.05, 0.1) is 53.1 Å². The zero-order valence-corrected chi connectivity index (χ0v) is 37.3. The number of tetrazole rings is 1. The van der Waals surface area contributed by atoms with Crippen molar-refractivity contribution < 1.29 is 47.7 Å². The molecule has 0 spiro atoms. The van der Waals surface area contributed by atoms with Gasteiger partial charge in [0.1, 0.15) is 0 Å². The number of nitrogens with one attached hydrogen (secondary N) is 4. The highest BCUT2D eigenvalue weighted by molar-refractivity contribution is 6.01. The molecule has 0 fully saturated rings. The summed E-state index contributed by atoms with van der Waals surface area (Å²) in [4.78, 5) is 83.7. The topological polar surface area (TPSA) is 281 Å². The number of rotatable bonds is 16. The minimum atomic E-state index is -0.827. The second-order valence-electron chi connectivity index (χ2n) is 14.9. The van der Waals surface area contributed by atoms with E-state index in [2.05, 4.69) is 51.6 Å². The van der Waals surface area contributed by atoms with E-state index in [1.807, 2.05) is 39.8 Å². The van der Waals surface area contributed by atoms with Crippen LogP contribution < -0.4 is 10.9 Å². The van der Waals surface area contributed by atoms with E-state index in [9.17, 15) is 28.8 Å². The molecule has 0 atom stereocenters. The molecule has 346 valence electrons. The number of hydrogen-bond acceptors (Lipinski definition) is 16. The van der Waals surface area contributed by atoms with Crippen molar-refractivity contribution in [1.29, 1.82) is 0 Å². The van der Waals surface area contributed by atoms with E-state index in [4.69, 9.17) is 18.9 Å². The van der Waals surface area contributed by atoms with E-state index in [0.29, 0.717) is 51.0 Å². The summed E-state index contributed by atoms with van der Waals surface area (Å²) in [5.41, 5.74) is 12.0. The number of H-pyrrole nitrogens is 2. The summed E-state index contributed by atoms with van der Waals surface area (Å²) in [5, 5.41) is 21.9. The maximum absolute atomic E-state index is 13.6. The molecule has 4 N–H and O–H groups in total. The van der Waals surface area contributed by atoms with Crippen LogP contribution >= 0.6 is 0 Å². The molecule has 0 aliphatic carbocycles. The summed E-state index contributed by atoms with van der Waals surface area (Å²) in [6, 6.07) is 19.7. The SMILES string of the molecule is CC(=O)OCOC(=O)c1ccc(C(=O)NN=Cc2ccc(-c3nnn[nH]3)cc2)cc1-n1c(C)cc(-c2cc(C)n(-c3cc(C(=O)N/N=C\c4cnc[nH]4)ccc3C(=O)OCOC(C)=O)c2C)c1C. The number of aromatic amines is 2. The molecule has 4 aromatic heterocycles. The normalized spacial score (nSPS) is 11.1. The van der Waals surface area contributed by atoms with E-state index >= 15 is 0 Å². The Kier molecular flexibility index (Phi) is 14.2. The number of ether oxygens (including phenoxy) is 4. The van der Waals surface area contributed by atoms with Gasteiger partial charge in [-0.15, -0.1) is 5.10 Å². The Hall–Kier alpha value is -9.34. The second-order valence-corrected chi connectivity index (χ2v) is 14.9. The first-order valence-electron chi connectivity index (χ1n) is 20.5. The van der Waals surface area contributed by atoms with E-state index in [0.717, 1.165) is 5.56 Å². The minimum absolute atomic E-state index is 0.0546. The molecule has 0 unspecified atom stereocenters. The van der Waals surface area contributed by atoms with Crippen LogP contribution in [0.1, 0.15) is 89.3 Å². The number of amides is 2. The van der Waals surface area contributed by atoms with Gasteiger partial charge in [0.25, 0.3) is 11.8 Å². The van der Waals surface area contributed by atoms with Crippen LogP contribution in [0.4, 0.5) is 0 Å². The largest absolute Gasteiger partial charge is 0.428 e. The maximum Gasteiger partial charge on any atom is 0.343 e. The first-order chi connectivity index (χ1) is 32.7. The number of hydrogen-bond donors (Lipinski definition) is 4. The van der Waals surface area contributed by atoms with Gasteiger partial charge in [-0.25, -0.2) is 30.5 Å². The lowest BCUT2D eigenvalue weighted by Gasteiger charge is -2.17. The summed E-state index contributed by atoms with van der Waals surface area (Å²) in [7, 11) is 0. The third-order valence-corrected chi connectivity index (χ3v) is 10.3. The van der Waals surface area contributed by atoms with Gasteiger partial charge in [0, 0.05) is 64.4 Å². The monoisotopic (exact) mass is 922 g/mol. The number of imidazole rings is 1. The van der Waals surface area contributed by atoms with Crippen LogP contribution in [0.3, 0.4) is 0 Å². The van der Waals surface area contributed by atoms with E-state index < -0.39 is 49.3 Å². The van der Waals surface area contributed by atoms with Crippen LogP contribution in [0.25, 0.3) is 33.9 Å². The zero-order valence-electron chi connectivity index (χ0n) is 37.3. The molecule has 0 aliphatic heterocycles. The predicted octanol–water partition coefficient (Wildman–Crippen LogP) is 4.95. The predicted molar refractivity (Wildman–Crippen MR) is 242 cm³/mol. The van der Waals surface area contributed by atoms with Crippen LogP contribution in [0.2, 0.25) is 0 Å². The fourth-order valence-electron chi connectivity index (χ4n) is 7.16. The Bertz CT molecular complexity index is 3090. The molecule has 2 amide bonds. The average Bonchev–Trinajstić information content (AvgIpc) is 4.14. The molecule has 7 rings (SSSR count). The number of nitrogens with zero attached hydrogens (tertiary/aromatic N) is 8. The van der Waals surface area contributed by atoms with E-state index in [-0.39, 0.29) is 33.6 Å². The molecule has 0 bridgehead atoms. The van der Waals surface area contributed by atoms with E-state index in [1.54, 1.807) is 33.4 Å². The Morgan fingerprint density at radius 1 is 0.662 bits per heavy atom. The number of carbonyl (C=O) groups excluding carboxylic acids is 6. The zero-order chi connectivity index (χ0) is 48.5. The summed E-state index contributed by atoms with van der Waals surface area (Å²) in [6.45, 7) is 8.38. The first kappa shape index (κ1) is 46.6. The van der Waals surface area contributed by atoms with Crippen molar-refractivity contribution in [1.82, 2.24) is 50.6 Å². The van der Waals surface area contributed by atoms with Crippen molar-refractivity contribution in [3.05, 3.63) is 142 Å². The number of esters is 4. The molecule has 3 aromatic carbocycles. The van der Waals surface area contributed by atoms with Crippen LogP contribution in [-0.2, 0) is 28.5 Å². The Morgan fingerprint density at radius 2 is 1.18 bits per heavy atom. The summed E-state index contributed by atoms with van der Waals surface area (Å²) >= 11 is 0. The number of benzene rings is 3. The molecular formula is C46H42N12O10. The Labute approximate surface area is 386 Å². The van der Waals surface area contributed by atoms with Crippen LogP contribution in [0.5, 0.6) is 0 Å². The number of hydrazone groups is 2. The third kappa shape index (κ3) is 10.6. The van der Waals surface area contributed by atoms with Crippen molar-refractivity contribution in [2.75, 3.05) is 13.6 Å². The van der Waals surface area contributed by atoms with Crippen LogP contribution in [0, 0.1) is 27.7 Å². The Balaban J connectivity index is 1.24. The fraction of sp³-hybridized carbons (Fsp3) is 0.174. The van der Waals surface area contributed by atoms with E-state index in [1.165, 1.54) is 75.2 Å². The van der Waals surface area contributed by atoms with Crippen molar-refractivity contribution >= 4 is 48.1 Å². The van der Waals surface area contributed by atoms with Crippen LogP contribution in [0.15, 0.2) is 95.5 Å². The fourth-order valence-corrected chi connectivity index (χ4v) is 7.16. The second kappa shape index (κ2) is 20.7. The summed E-state index contributed by atoms with van der Waals surface area (Å²) in [6.07, 6.45) is 5.83. The Morgan fingerprint density at radius 3 is 1.63 bits per heavy atom. The lowest BCUT2D eigenvalue weighted by atomic mass is 10.1. The van der Waals surface area contributed by atoms with Gasteiger partial charge < -0.3 is 33.1 Å². The molecule has 22 nitrogen and oxygen atoms in total. The van der Waals surface area contributed by atoms with Gasteiger partial charge in [-0.2, -0.15) is 10.2 Å². The first-order valence-corrected chi connectivity index (χ1v) is 20.5. The maximum atomic E-state index is 13.6. The van der Waals surface area contributed by atoms with Crippen molar-refractivity contribution in [3.63, 3.8) is 0 Å². The van der Waals surface area contributed by atoms with Crippen molar-refractivity contribution in [3.8, 4) is 33.9 Å². The van der Waals surface area contributed by atoms with Crippen molar-refractivity contribution in [2.24, 2.45) is 10.2 Å². The highest BCUT2D eigenvalue weighted by Crippen LogP contribution is 2.37. The smallest absolute Gasteiger partial charge is 0.343 e. The summed E-state index contributed by atoms with van der Waals surface area (Å²) in [5.74, 6) is -3.61. The molecule has 7 aromatic rings. The molecule has 0 saturated heterocycles. The third-order valence-electron chi connectivity index (χ3n) is 10.3. The lowest BCUT2D eigenvalue weighted by molar-refractivity contribution is -0.150. The molecule has 22 heteroatoms. The minimum Gasteiger partial charge on any atom is -0.428 e. The molecule has 0 radical (unpaired) electrons. The number of aromatic nitrogens is 8. The summed E-state index contributed by atoms with van der Waals surface area (Å²) < 4.78 is 23.8. The van der Waals surface area contributed by atoms with Gasteiger partial charge in [0.15, 0.2) is 5.82 Å². The molecule has 0 saturated carbocycles. The number of aryl methyl sites for hydroxylation is 2. The molecule has 0 aliphatic rings. The van der Waals surface area contributed by atoms with Gasteiger partial charge >= 0.3 is 23.9 Å². The van der Waals surface area contributed by atoms with Crippen LogP contribution in [-0.4, -0.2) is 101 Å². The van der Waals surface area contributed by atoms with Gasteiger partial charge in [-0.3, -0.25) is 19.2 Å². The molecule has 68 heavy (non-hydrogen) atoms. The van der Waals surface area contributed by atoms with Gasteiger partial charge in [-0.1, -0.05) is 24.3 Å². The van der Waals surface area contributed by atoms with Crippen molar-refractivity contribution in [2.45, 2.75) is 41.5 Å². The quantitative estimate of drug-likeness (QED) is 0.0432. The molecule has 4 heterocycles. The van der Waals surface area contributed by atoms with Gasteiger partial charge in [-0.05, 0) is 92.2 Å². The average molecular weight is 923 g/mol. The number of carbonyl (C=O) groups is 6. The highest BCUT2D eigenvalue weighted by atomic mass is 16.7.